The normalized spacial score (nSPS) is 26.8. The molecule has 0 bridgehead atoms. The highest BCUT2D eigenvalue weighted by molar-refractivity contribution is 5.02. The van der Waals surface area contributed by atoms with Gasteiger partial charge in [-0.1, -0.05) is 19.9 Å². The molecule has 0 aromatic carbocycles. The highest BCUT2D eigenvalue weighted by atomic mass is 15.1. The van der Waals surface area contributed by atoms with Crippen molar-refractivity contribution in [1.82, 2.24) is 10.2 Å². The zero-order valence-electron chi connectivity index (χ0n) is 11.4. The highest BCUT2D eigenvalue weighted by Gasteiger charge is 2.21. The van der Waals surface area contributed by atoms with Gasteiger partial charge in [0.15, 0.2) is 0 Å². The average molecular weight is 236 g/mol. The lowest BCUT2D eigenvalue weighted by molar-refractivity contribution is 0.300. The number of likely N-dealkylation sites (tertiary alicyclic amines) is 1. The second-order valence-electron chi connectivity index (χ2n) is 5.89. The Kier molecular flexibility index (Phi) is 5.05. The molecule has 98 valence electrons. The van der Waals surface area contributed by atoms with Gasteiger partial charge >= 0.3 is 0 Å². The molecule has 1 aliphatic heterocycles. The van der Waals surface area contributed by atoms with Crippen molar-refractivity contribution < 1.29 is 0 Å². The van der Waals surface area contributed by atoms with Crippen molar-refractivity contribution in [3.8, 4) is 0 Å². The Morgan fingerprint density at radius 1 is 1.24 bits per heavy atom. The first kappa shape index (κ1) is 13.1. The molecule has 2 rings (SSSR count). The predicted octanol–water partition coefficient (Wildman–Crippen LogP) is 2.81. The van der Waals surface area contributed by atoms with Crippen LogP contribution in [0.3, 0.4) is 0 Å². The minimum atomic E-state index is 0.806. The van der Waals surface area contributed by atoms with Gasteiger partial charge in [0.1, 0.15) is 0 Å². The van der Waals surface area contributed by atoms with E-state index in [0.717, 1.165) is 25.0 Å². The summed E-state index contributed by atoms with van der Waals surface area (Å²) in [6.07, 6.45) is 8.30. The van der Waals surface area contributed by atoms with Gasteiger partial charge in [-0.3, -0.25) is 4.90 Å². The van der Waals surface area contributed by atoms with Crippen molar-refractivity contribution in [3.63, 3.8) is 0 Å². The van der Waals surface area contributed by atoms with E-state index in [1.807, 2.05) is 0 Å². The number of hydrogen-bond donors (Lipinski definition) is 1. The summed E-state index contributed by atoms with van der Waals surface area (Å²) >= 11 is 0. The molecule has 17 heavy (non-hydrogen) atoms. The molecule has 1 saturated heterocycles. The molecule has 2 fully saturated rings. The Morgan fingerprint density at radius 2 is 2.06 bits per heavy atom. The molecule has 1 saturated carbocycles. The Morgan fingerprint density at radius 3 is 2.76 bits per heavy atom. The van der Waals surface area contributed by atoms with E-state index in [1.165, 1.54) is 57.2 Å². The van der Waals surface area contributed by atoms with Crippen LogP contribution in [0.5, 0.6) is 0 Å². The van der Waals surface area contributed by atoms with E-state index < -0.39 is 0 Å². The number of nitrogens with one attached hydrogen (secondary N) is 1. The zero-order chi connectivity index (χ0) is 12.1. The third-order valence-corrected chi connectivity index (χ3v) is 4.18. The fourth-order valence-electron chi connectivity index (χ4n) is 2.74. The molecule has 2 aliphatic rings. The van der Waals surface area contributed by atoms with Crippen molar-refractivity contribution >= 4 is 0 Å². The van der Waals surface area contributed by atoms with E-state index in [0.29, 0.717) is 0 Å². The Balaban J connectivity index is 1.64. The minimum absolute atomic E-state index is 0.806. The van der Waals surface area contributed by atoms with Crippen LogP contribution in [0.1, 0.15) is 45.4 Å². The van der Waals surface area contributed by atoms with Crippen LogP contribution in [-0.2, 0) is 0 Å². The van der Waals surface area contributed by atoms with E-state index in [1.54, 1.807) is 0 Å². The van der Waals surface area contributed by atoms with Crippen LogP contribution in [0, 0.1) is 5.92 Å². The molecule has 0 radical (unpaired) electrons. The first-order valence-corrected chi connectivity index (χ1v) is 7.40. The molecule has 0 spiro atoms. The van der Waals surface area contributed by atoms with Gasteiger partial charge in [-0.25, -0.2) is 0 Å². The van der Waals surface area contributed by atoms with Gasteiger partial charge in [0, 0.05) is 19.1 Å². The lowest BCUT2D eigenvalue weighted by Gasteiger charge is -2.21. The molecular weight excluding hydrogens is 208 g/mol. The Hall–Kier alpha value is -0.340. The van der Waals surface area contributed by atoms with Gasteiger partial charge in [-0.2, -0.15) is 0 Å². The summed E-state index contributed by atoms with van der Waals surface area (Å²) in [6, 6.07) is 0.806. The Labute approximate surface area is 106 Å². The van der Waals surface area contributed by atoms with Gasteiger partial charge in [0.05, 0.1) is 0 Å². The summed E-state index contributed by atoms with van der Waals surface area (Å²) in [5, 5.41) is 3.56. The van der Waals surface area contributed by atoms with Crippen LogP contribution in [0.4, 0.5) is 0 Å². The molecule has 1 N–H and O–H groups in total. The van der Waals surface area contributed by atoms with Crippen molar-refractivity contribution in [1.29, 1.82) is 0 Å². The van der Waals surface area contributed by atoms with Gasteiger partial charge in [-0.05, 0) is 56.7 Å². The van der Waals surface area contributed by atoms with Crippen LogP contribution < -0.4 is 5.32 Å². The Bertz CT molecular complexity index is 245. The molecule has 1 atom stereocenters. The average Bonchev–Trinajstić information content (AvgIpc) is 3.14. The molecule has 0 amide bonds. The first-order chi connectivity index (χ1) is 8.28. The molecule has 0 aromatic rings. The van der Waals surface area contributed by atoms with Gasteiger partial charge < -0.3 is 5.32 Å². The summed E-state index contributed by atoms with van der Waals surface area (Å²) in [5.41, 5.74) is 1.37. The summed E-state index contributed by atoms with van der Waals surface area (Å²) in [6.45, 7) is 11.2. The highest BCUT2D eigenvalue weighted by Crippen LogP contribution is 2.21. The van der Waals surface area contributed by atoms with Crippen LogP contribution in [0.25, 0.3) is 0 Å². The molecule has 2 heteroatoms. The van der Waals surface area contributed by atoms with Crippen LogP contribution in [0.15, 0.2) is 12.2 Å². The topological polar surface area (TPSA) is 15.3 Å². The SMILES string of the molecule is C=C(CNC1CC1)CN1CCCC(CC)CC1. The monoisotopic (exact) mass is 236 g/mol. The summed E-state index contributed by atoms with van der Waals surface area (Å²) in [4.78, 5) is 2.60. The van der Waals surface area contributed by atoms with E-state index in [2.05, 4.69) is 23.7 Å². The lowest BCUT2D eigenvalue weighted by atomic mass is 9.98. The zero-order valence-corrected chi connectivity index (χ0v) is 11.4. The largest absolute Gasteiger partial charge is 0.310 e. The summed E-state index contributed by atoms with van der Waals surface area (Å²) in [5.74, 6) is 0.970. The lowest BCUT2D eigenvalue weighted by Crippen LogP contribution is -2.30. The van der Waals surface area contributed by atoms with E-state index >= 15 is 0 Å². The molecule has 1 unspecified atom stereocenters. The smallest absolute Gasteiger partial charge is 0.0202 e. The third-order valence-electron chi connectivity index (χ3n) is 4.18. The summed E-state index contributed by atoms with van der Waals surface area (Å²) in [7, 11) is 0. The number of nitrogens with zero attached hydrogens (tertiary/aromatic N) is 1. The summed E-state index contributed by atoms with van der Waals surface area (Å²) < 4.78 is 0. The second-order valence-corrected chi connectivity index (χ2v) is 5.89. The molecule has 2 nitrogen and oxygen atoms in total. The maximum atomic E-state index is 4.21. The molecular formula is C15H28N2. The fraction of sp³-hybridized carbons (Fsp3) is 0.867. The first-order valence-electron chi connectivity index (χ1n) is 7.40. The van der Waals surface area contributed by atoms with Crippen LogP contribution in [-0.4, -0.2) is 37.1 Å². The third kappa shape index (κ3) is 4.81. The van der Waals surface area contributed by atoms with E-state index in [-0.39, 0.29) is 0 Å². The van der Waals surface area contributed by atoms with Crippen LogP contribution >= 0.6 is 0 Å². The van der Waals surface area contributed by atoms with Crippen molar-refractivity contribution in [2.24, 2.45) is 5.92 Å². The van der Waals surface area contributed by atoms with E-state index in [4.69, 9.17) is 0 Å². The molecule has 1 aliphatic carbocycles. The standard InChI is InChI=1S/C15H28N2/c1-3-14-5-4-9-17(10-8-14)12-13(2)11-16-15-6-7-15/h14-16H,2-12H2,1H3. The fourth-order valence-corrected chi connectivity index (χ4v) is 2.74. The van der Waals surface area contributed by atoms with Crippen molar-refractivity contribution in [2.45, 2.75) is 51.5 Å². The van der Waals surface area contributed by atoms with Gasteiger partial charge in [-0.15, -0.1) is 0 Å². The van der Waals surface area contributed by atoms with Crippen molar-refractivity contribution in [3.05, 3.63) is 12.2 Å². The van der Waals surface area contributed by atoms with E-state index in [9.17, 15) is 0 Å². The van der Waals surface area contributed by atoms with Gasteiger partial charge in [0.2, 0.25) is 0 Å². The predicted molar refractivity (Wildman–Crippen MR) is 74.2 cm³/mol. The number of rotatable bonds is 6. The quantitative estimate of drug-likeness (QED) is 0.713. The molecule has 1 heterocycles. The maximum absolute atomic E-state index is 4.21. The second kappa shape index (κ2) is 6.55. The van der Waals surface area contributed by atoms with Gasteiger partial charge in [0.25, 0.3) is 0 Å². The minimum Gasteiger partial charge on any atom is -0.310 e. The van der Waals surface area contributed by atoms with Crippen molar-refractivity contribution in [2.75, 3.05) is 26.2 Å². The molecule has 0 aromatic heterocycles. The van der Waals surface area contributed by atoms with Crippen LogP contribution in [0.2, 0.25) is 0 Å². The maximum Gasteiger partial charge on any atom is 0.0202 e. The number of hydrogen-bond acceptors (Lipinski definition) is 2.